The number of fused-ring (bicyclic) bond motifs is 3. The molecule has 0 aliphatic carbocycles. The fourth-order valence-corrected chi connectivity index (χ4v) is 3.97. The van der Waals surface area contributed by atoms with E-state index in [0.29, 0.717) is 31.6 Å². The van der Waals surface area contributed by atoms with Crippen LogP contribution >= 0.6 is 0 Å². The molecule has 29 heavy (non-hydrogen) atoms. The molecule has 0 saturated heterocycles. The predicted octanol–water partition coefficient (Wildman–Crippen LogP) is 5.21. The molecule has 0 spiro atoms. The van der Waals surface area contributed by atoms with Crippen LogP contribution in [-0.2, 0) is 20.7 Å². The standard InChI is InChI=1S/C24H32N2O3/c1-3-5-6-7-8-9-14-22(27)26-16-15-19-18-12-10-11-13-21(18)25-23(19)20(17-26)24(28)29-4-2/h10-13,17,25H,3-9,14-16H2,1-2H3. The average Bonchev–Trinajstić information content (AvgIpc) is 2.98. The maximum Gasteiger partial charge on any atom is 0.341 e. The second-order valence-electron chi connectivity index (χ2n) is 7.64. The van der Waals surface area contributed by atoms with Crippen LogP contribution in [0.15, 0.2) is 30.5 Å². The molecule has 0 atom stereocenters. The Morgan fingerprint density at radius 3 is 2.62 bits per heavy atom. The van der Waals surface area contributed by atoms with Gasteiger partial charge in [-0.1, -0.05) is 57.2 Å². The fraction of sp³-hybridized carbons (Fsp3) is 0.500. The Morgan fingerprint density at radius 1 is 1.07 bits per heavy atom. The maximum absolute atomic E-state index is 12.8. The highest BCUT2D eigenvalue weighted by molar-refractivity contribution is 6.18. The molecule has 0 unspecified atom stereocenters. The third-order valence-corrected chi connectivity index (χ3v) is 5.53. The molecule has 156 valence electrons. The Hall–Kier alpha value is -2.56. The highest BCUT2D eigenvalue weighted by Gasteiger charge is 2.26. The van der Waals surface area contributed by atoms with Crippen LogP contribution in [0.2, 0.25) is 0 Å². The van der Waals surface area contributed by atoms with Gasteiger partial charge in [-0.25, -0.2) is 4.79 Å². The van der Waals surface area contributed by atoms with Gasteiger partial charge in [0.1, 0.15) is 0 Å². The number of unbranched alkanes of at least 4 members (excludes halogenated alkanes) is 5. The van der Waals surface area contributed by atoms with Gasteiger partial charge in [0.05, 0.1) is 17.9 Å². The number of benzene rings is 1. The Balaban J connectivity index is 1.77. The van der Waals surface area contributed by atoms with E-state index >= 15 is 0 Å². The first-order valence-electron chi connectivity index (χ1n) is 10.9. The van der Waals surface area contributed by atoms with E-state index in [9.17, 15) is 9.59 Å². The summed E-state index contributed by atoms with van der Waals surface area (Å²) < 4.78 is 5.29. The van der Waals surface area contributed by atoms with Gasteiger partial charge >= 0.3 is 5.97 Å². The highest BCUT2D eigenvalue weighted by atomic mass is 16.5. The Labute approximate surface area is 173 Å². The summed E-state index contributed by atoms with van der Waals surface area (Å²) in [6, 6.07) is 8.04. The first-order chi connectivity index (χ1) is 14.2. The number of H-pyrrole nitrogens is 1. The third kappa shape index (κ3) is 5.08. The van der Waals surface area contributed by atoms with Crippen LogP contribution in [0.5, 0.6) is 0 Å². The topological polar surface area (TPSA) is 62.4 Å². The summed E-state index contributed by atoms with van der Waals surface area (Å²) in [4.78, 5) is 30.6. The number of nitrogens with zero attached hydrogens (tertiary/aromatic N) is 1. The number of para-hydroxylation sites is 1. The lowest BCUT2D eigenvalue weighted by atomic mass is 10.0. The normalized spacial score (nSPS) is 13.7. The number of carbonyl (C=O) groups excluding carboxylic acids is 2. The number of hydrogen-bond donors (Lipinski definition) is 1. The van der Waals surface area contributed by atoms with E-state index in [1.165, 1.54) is 25.7 Å². The molecule has 3 rings (SSSR count). The zero-order chi connectivity index (χ0) is 20.6. The summed E-state index contributed by atoms with van der Waals surface area (Å²) >= 11 is 0. The summed E-state index contributed by atoms with van der Waals surface area (Å²) in [6.07, 6.45) is 9.81. The van der Waals surface area contributed by atoms with E-state index in [1.807, 2.05) is 18.2 Å². The van der Waals surface area contributed by atoms with Gasteiger partial charge in [-0.05, 0) is 31.4 Å². The van der Waals surface area contributed by atoms with Gasteiger partial charge in [0.2, 0.25) is 5.91 Å². The summed E-state index contributed by atoms with van der Waals surface area (Å²) in [7, 11) is 0. The molecule has 1 amide bonds. The molecule has 1 aromatic heterocycles. The number of esters is 1. The molecule has 0 saturated carbocycles. The van der Waals surface area contributed by atoms with Crippen molar-refractivity contribution in [2.75, 3.05) is 13.2 Å². The molecule has 0 bridgehead atoms. The zero-order valence-corrected chi connectivity index (χ0v) is 17.6. The van der Waals surface area contributed by atoms with Crippen LogP contribution in [0.1, 0.15) is 70.1 Å². The van der Waals surface area contributed by atoms with Gasteiger partial charge in [0.25, 0.3) is 0 Å². The molecule has 1 aliphatic heterocycles. The van der Waals surface area contributed by atoms with E-state index < -0.39 is 0 Å². The second kappa shape index (κ2) is 10.3. The molecule has 5 nitrogen and oxygen atoms in total. The number of hydrogen-bond acceptors (Lipinski definition) is 3. The van der Waals surface area contributed by atoms with Gasteiger partial charge in [-0.3, -0.25) is 4.79 Å². The monoisotopic (exact) mass is 396 g/mol. The highest BCUT2D eigenvalue weighted by Crippen LogP contribution is 2.31. The molecule has 0 radical (unpaired) electrons. The van der Waals surface area contributed by atoms with Crippen molar-refractivity contribution in [3.05, 3.63) is 41.7 Å². The molecular formula is C24H32N2O3. The second-order valence-corrected chi connectivity index (χ2v) is 7.64. The lowest BCUT2D eigenvalue weighted by Gasteiger charge is -2.17. The summed E-state index contributed by atoms with van der Waals surface area (Å²) in [5.74, 6) is -0.309. The number of aromatic nitrogens is 1. The largest absolute Gasteiger partial charge is 0.462 e. The molecule has 5 heteroatoms. The Bertz CT molecular complexity index is 881. The van der Waals surface area contributed by atoms with Crippen molar-refractivity contribution in [3.63, 3.8) is 0 Å². The van der Waals surface area contributed by atoms with Crippen molar-refractivity contribution in [1.82, 2.24) is 9.88 Å². The average molecular weight is 397 g/mol. The summed E-state index contributed by atoms with van der Waals surface area (Å²) in [6.45, 7) is 4.88. The van der Waals surface area contributed by atoms with Crippen molar-refractivity contribution < 1.29 is 14.3 Å². The first kappa shape index (κ1) is 21.2. The Morgan fingerprint density at radius 2 is 1.83 bits per heavy atom. The van der Waals surface area contributed by atoms with Crippen LogP contribution in [0.4, 0.5) is 0 Å². The van der Waals surface area contributed by atoms with E-state index in [-0.39, 0.29) is 11.9 Å². The van der Waals surface area contributed by atoms with E-state index in [2.05, 4.69) is 18.0 Å². The van der Waals surface area contributed by atoms with Gasteiger partial charge in [-0.15, -0.1) is 0 Å². The van der Waals surface area contributed by atoms with E-state index in [4.69, 9.17) is 4.74 Å². The number of rotatable bonds is 9. The van der Waals surface area contributed by atoms with Crippen LogP contribution in [-0.4, -0.2) is 34.9 Å². The number of amides is 1. The van der Waals surface area contributed by atoms with Crippen molar-refractivity contribution in [2.24, 2.45) is 0 Å². The van der Waals surface area contributed by atoms with Crippen LogP contribution in [0.25, 0.3) is 16.5 Å². The zero-order valence-electron chi connectivity index (χ0n) is 17.6. The molecular weight excluding hydrogens is 364 g/mol. The number of carbonyl (C=O) groups is 2. The smallest absolute Gasteiger partial charge is 0.341 e. The third-order valence-electron chi connectivity index (χ3n) is 5.53. The van der Waals surface area contributed by atoms with Crippen molar-refractivity contribution in [2.45, 2.75) is 65.2 Å². The van der Waals surface area contributed by atoms with Crippen molar-refractivity contribution >= 4 is 28.4 Å². The van der Waals surface area contributed by atoms with Crippen molar-refractivity contribution in [1.29, 1.82) is 0 Å². The minimum Gasteiger partial charge on any atom is -0.462 e. The number of nitrogens with one attached hydrogen (secondary N) is 1. The summed E-state index contributed by atoms with van der Waals surface area (Å²) in [5, 5.41) is 1.10. The van der Waals surface area contributed by atoms with Gasteiger partial charge in [0.15, 0.2) is 0 Å². The van der Waals surface area contributed by atoms with Gasteiger partial charge in [0, 0.05) is 30.1 Å². The lowest BCUT2D eigenvalue weighted by molar-refractivity contribution is -0.136. The fourth-order valence-electron chi connectivity index (χ4n) is 3.97. The first-order valence-corrected chi connectivity index (χ1v) is 10.9. The minimum absolute atomic E-state index is 0.0803. The number of ether oxygens (including phenoxy) is 1. The van der Waals surface area contributed by atoms with E-state index in [0.717, 1.165) is 35.0 Å². The maximum atomic E-state index is 12.8. The quantitative estimate of drug-likeness (QED) is 0.468. The predicted molar refractivity (Wildman–Crippen MR) is 116 cm³/mol. The Kier molecular flexibility index (Phi) is 7.50. The molecule has 1 aromatic carbocycles. The van der Waals surface area contributed by atoms with E-state index in [1.54, 1.807) is 18.0 Å². The molecule has 1 aliphatic rings. The SMILES string of the molecule is CCCCCCCCC(=O)N1C=C(C(=O)OCC)c2[nH]c3ccccc3c2CC1. The van der Waals surface area contributed by atoms with Gasteiger partial charge in [-0.2, -0.15) is 0 Å². The lowest BCUT2D eigenvalue weighted by Crippen LogP contribution is -2.27. The van der Waals surface area contributed by atoms with Gasteiger partial charge < -0.3 is 14.6 Å². The number of aromatic amines is 1. The summed E-state index contributed by atoms with van der Waals surface area (Å²) in [5.41, 5.74) is 3.29. The van der Waals surface area contributed by atoms with Crippen LogP contribution in [0.3, 0.4) is 0 Å². The van der Waals surface area contributed by atoms with Crippen molar-refractivity contribution in [3.8, 4) is 0 Å². The minimum atomic E-state index is -0.389. The molecule has 2 heterocycles. The molecule has 0 fully saturated rings. The molecule has 2 aromatic rings. The van der Waals surface area contributed by atoms with Crippen LogP contribution in [0, 0.1) is 0 Å². The van der Waals surface area contributed by atoms with Crippen LogP contribution < -0.4 is 0 Å². The molecule has 1 N–H and O–H groups in total.